The molecule has 0 aliphatic rings. The summed E-state index contributed by atoms with van der Waals surface area (Å²) in [7, 11) is 1.96. The third kappa shape index (κ3) is 8.82. The molecule has 0 aliphatic heterocycles. The lowest BCUT2D eigenvalue weighted by Gasteiger charge is -2.19. The fraction of sp³-hybridized carbons (Fsp3) is 0.480. The number of rotatable bonds is 14. The maximum atomic E-state index is 14.7. The van der Waals surface area contributed by atoms with Gasteiger partial charge in [-0.15, -0.1) is 12.3 Å². The van der Waals surface area contributed by atoms with Crippen LogP contribution in [0, 0.1) is 29.5 Å². The van der Waals surface area contributed by atoms with E-state index in [4.69, 9.17) is 11.2 Å². The summed E-state index contributed by atoms with van der Waals surface area (Å²) in [5.41, 5.74) is 2.13. The number of unbranched alkanes of at least 4 members (excludes halogenated alkanes) is 1. The van der Waals surface area contributed by atoms with Crippen LogP contribution in [0.4, 0.5) is 4.39 Å². The first-order valence-electron chi connectivity index (χ1n) is 10.5. The highest BCUT2D eigenvalue weighted by molar-refractivity contribution is 5.73. The van der Waals surface area contributed by atoms with E-state index in [9.17, 15) is 9.65 Å². The Morgan fingerprint density at radius 1 is 1.47 bits per heavy atom. The molecular weight excluding hydrogens is 377 g/mol. The molecular formula is C25H38FN3O. The van der Waals surface area contributed by atoms with E-state index in [-0.39, 0.29) is 21.2 Å². The first kappa shape index (κ1) is 25.4. The van der Waals surface area contributed by atoms with Gasteiger partial charge in [0.25, 0.3) is 0 Å². The molecule has 166 valence electrons. The lowest BCUT2D eigenvalue weighted by molar-refractivity contribution is 0.0489. The number of allylic oxidation sites excluding steroid dienone is 2. The average molecular weight is 416 g/mol. The summed E-state index contributed by atoms with van der Waals surface area (Å²) in [5, 5.41) is 12.7. The molecule has 0 aromatic heterocycles. The zero-order chi connectivity index (χ0) is 22.4. The first-order chi connectivity index (χ1) is 14.5. The highest BCUT2D eigenvalue weighted by Gasteiger charge is 2.15. The van der Waals surface area contributed by atoms with Gasteiger partial charge >= 0.3 is 0 Å². The molecule has 0 unspecified atom stereocenters. The Hall–Kier alpha value is -2.60. The number of terminal acetylenes is 1. The van der Waals surface area contributed by atoms with Gasteiger partial charge in [0.1, 0.15) is 5.82 Å². The van der Waals surface area contributed by atoms with Gasteiger partial charge in [-0.3, -0.25) is 5.32 Å². The van der Waals surface area contributed by atoms with Crippen LogP contribution in [0.25, 0.3) is 5.57 Å². The lowest BCUT2D eigenvalue weighted by atomic mass is 10.0. The fourth-order valence-corrected chi connectivity index (χ4v) is 2.87. The molecule has 0 saturated carbocycles. The quantitative estimate of drug-likeness (QED) is 0.263. The van der Waals surface area contributed by atoms with Crippen LogP contribution in [-0.2, 0) is 11.2 Å². The number of benzene rings is 1. The summed E-state index contributed by atoms with van der Waals surface area (Å²) in [6, 6.07) is 6.85. The minimum atomic E-state index is -0.491. The van der Waals surface area contributed by atoms with Crippen molar-refractivity contribution in [1.82, 2.24) is 10.2 Å². The van der Waals surface area contributed by atoms with Crippen LogP contribution in [0.5, 0.6) is 0 Å². The molecule has 4 nitrogen and oxygen atoms in total. The predicted octanol–water partition coefficient (Wildman–Crippen LogP) is 5.03. The second kappa shape index (κ2) is 14.4. The fourth-order valence-electron chi connectivity index (χ4n) is 2.87. The molecule has 2 atom stereocenters. The Kier molecular flexibility index (Phi) is 12.2. The van der Waals surface area contributed by atoms with Crippen molar-refractivity contribution in [2.45, 2.75) is 51.7 Å². The number of nitrogens with zero attached hydrogens (tertiary/aromatic N) is 2. The predicted molar refractivity (Wildman–Crippen MR) is 126 cm³/mol. The number of nitrogens with one attached hydrogen (secondary N) is 1. The average Bonchev–Trinajstić information content (AvgIpc) is 2.76. The van der Waals surface area contributed by atoms with E-state index in [0.717, 1.165) is 30.5 Å². The van der Waals surface area contributed by atoms with E-state index < -0.39 is 6.04 Å². The number of halogens is 1. The van der Waals surface area contributed by atoms with E-state index in [1.54, 1.807) is 12.1 Å². The van der Waals surface area contributed by atoms with E-state index in [2.05, 4.69) is 23.9 Å². The van der Waals surface area contributed by atoms with Crippen molar-refractivity contribution in [2.24, 2.45) is 0 Å². The summed E-state index contributed by atoms with van der Waals surface area (Å²) in [6.45, 7) is 9.89. The Morgan fingerprint density at radius 3 is 2.80 bits per heavy atom. The van der Waals surface area contributed by atoms with Crippen LogP contribution in [0.1, 0.15) is 47.1 Å². The molecule has 0 radical (unpaired) electrons. The highest BCUT2D eigenvalue weighted by atomic mass is 19.1. The largest absolute Gasteiger partial charge is 0.380 e. The molecule has 30 heavy (non-hydrogen) atoms. The zero-order valence-corrected chi connectivity index (χ0v) is 18.5. The maximum absolute atomic E-state index is 14.7. The van der Waals surface area contributed by atoms with E-state index in [1.807, 2.05) is 38.1 Å². The molecule has 5 heteroatoms. The molecule has 0 saturated heterocycles. The van der Waals surface area contributed by atoms with E-state index in [0.29, 0.717) is 25.1 Å². The van der Waals surface area contributed by atoms with Gasteiger partial charge in [-0.25, -0.2) is 4.39 Å². The minimum Gasteiger partial charge on any atom is -0.380 e. The molecule has 0 heterocycles. The van der Waals surface area contributed by atoms with Crippen molar-refractivity contribution in [1.29, 1.82) is 5.26 Å². The molecule has 1 aromatic rings. The van der Waals surface area contributed by atoms with Crippen molar-refractivity contribution in [3.8, 4) is 18.4 Å². The smallest absolute Gasteiger partial charge is 0.127 e. The van der Waals surface area contributed by atoms with Crippen molar-refractivity contribution in [2.75, 3.05) is 26.7 Å². The van der Waals surface area contributed by atoms with Crippen LogP contribution < -0.4 is 5.32 Å². The van der Waals surface area contributed by atoms with Crippen LogP contribution in [0.2, 0.25) is 0 Å². The first-order valence-corrected chi connectivity index (χ1v) is 10.5. The van der Waals surface area contributed by atoms with Crippen molar-refractivity contribution in [3.63, 3.8) is 0 Å². The molecule has 0 spiro atoms. The number of nitriles is 1. The molecule has 0 amide bonds. The van der Waals surface area contributed by atoms with Crippen LogP contribution in [0.3, 0.4) is 0 Å². The Balaban J connectivity index is 0. The monoisotopic (exact) mass is 415 g/mol. The number of ether oxygens (including phenoxy) is 1. The van der Waals surface area contributed by atoms with Crippen LogP contribution >= 0.6 is 0 Å². The van der Waals surface area contributed by atoms with Crippen LogP contribution in [-0.4, -0.2) is 43.8 Å². The third-order valence-electron chi connectivity index (χ3n) is 4.91. The SMILES string of the molecule is C#CCCCO[C@@H](CC)CN[C@H](C#N)Cc1ccc(/C(C=C)=C/N(C)CC)cc1F.[HH].[HH]. The molecule has 1 N–H and O–H groups in total. The van der Waals surface area contributed by atoms with Crippen LogP contribution in [0.15, 0.2) is 37.1 Å². The molecule has 1 rings (SSSR count). The summed E-state index contributed by atoms with van der Waals surface area (Å²) in [4.78, 5) is 2.01. The Labute approximate surface area is 184 Å². The summed E-state index contributed by atoms with van der Waals surface area (Å²) >= 11 is 0. The number of hydrogen-bond donors (Lipinski definition) is 1. The van der Waals surface area contributed by atoms with E-state index >= 15 is 0 Å². The molecule has 0 bridgehead atoms. The van der Waals surface area contributed by atoms with Gasteiger partial charge in [0.05, 0.1) is 18.2 Å². The topological polar surface area (TPSA) is 48.3 Å². The second-order valence-corrected chi connectivity index (χ2v) is 7.17. The summed E-state index contributed by atoms with van der Waals surface area (Å²) in [6.07, 6.45) is 11.5. The molecule has 1 aromatic carbocycles. The standard InChI is InChI=1S/C25H34FN3O.2H2/c1-6-10-11-14-30-24(8-3)18-28-23(17-27)15-22-13-12-21(16-25(22)26)20(7-2)19-29(5)9-4;;/h1,7,12-13,16,19,23-24,28H,2,8-11,14-15,18H2,3-5H3;2*1H/b20-19+;;/t23-,24-;;/m0../s1. The Morgan fingerprint density at radius 2 is 2.23 bits per heavy atom. The second-order valence-electron chi connectivity index (χ2n) is 7.17. The third-order valence-corrected chi connectivity index (χ3v) is 4.91. The zero-order valence-electron chi connectivity index (χ0n) is 18.5. The van der Waals surface area contributed by atoms with Gasteiger partial charge < -0.3 is 9.64 Å². The molecule has 0 fully saturated rings. The van der Waals surface area contributed by atoms with Gasteiger partial charge in [-0.1, -0.05) is 31.7 Å². The highest BCUT2D eigenvalue weighted by Crippen LogP contribution is 2.20. The van der Waals surface area contributed by atoms with Gasteiger partial charge in [0.15, 0.2) is 0 Å². The maximum Gasteiger partial charge on any atom is 0.127 e. The Bertz CT molecular complexity index is 786. The van der Waals surface area contributed by atoms with Crippen molar-refractivity contribution in [3.05, 3.63) is 54.0 Å². The van der Waals surface area contributed by atoms with Crippen molar-refractivity contribution >= 4 is 5.57 Å². The minimum absolute atomic E-state index is 0. The normalized spacial score (nSPS) is 13.2. The van der Waals surface area contributed by atoms with Crippen molar-refractivity contribution < 1.29 is 12.0 Å². The molecule has 0 aliphatic carbocycles. The number of hydrogen-bond acceptors (Lipinski definition) is 4. The van der Waals surface area contributed by atoms with Gasteiger partial charge in [0.2, 0.25) is 0 Å². The van der Waals surface area contributed by atoms with Gasteiger partial charge in [-0.05, 0) is 42.5 Å². The van der Waals surface area contributed by atoms with Gasteiger partial charge in [0, 0.05) is 48.6 Å². The lowest BCUT2D eigenvalue weighted by Crippen LogP contribution is -2.37. The summed E-state index contributed by atoms with van der Waals surface area (Å²) < 4.78 is 20.5. The van der Waals surface area contributed by atoms with E-state index in [1.165, 1.54) is 6.07 Å². The summed E-state index contributed by atoms with van der Waals surface area (Å²) in [5.74, 6) is 2.27. The van der Waals surface area contributed by atoms with Gasteiger partial charge in [-0.2, -0.15) is 5.26 Å².